The molecule has 0 bridgehead atoms. The molecule has 31 heavy (non-hydrogen) atoms. The Kier molecular flexibility index (Phi) is 5.46. The van der Waals surface area contributed by atoms with E-state index in [0.717, 1.165) is 5.56 Å². The van der Waals surface area contributed by atoms with E-state index in [4.69, 9.17) is 4.42 Å². The zero-order valence-corrected chi connectivity index (χ0v) is 17.2. The van der Waals surface area contributed by atoms with Gasteiger partial charge in [-0.1, -0.05) is 38.1 Å². The molecule has 0 spiro atoms. The Balaban J connectivity index is 1.84. The van der Waals surface area contributed by atoms with Crippen LogP contribution in [0.4, 0.5) is 4.39 Å². The van der Waals surface area contributed by atoms with E-state index in [1.807, 2.05) is 24.3 Å². The van der Waals surface area contributed by atoms with Crippen molar-refractivity contribution in [2.45, 2.75) is 32.4 Å². The topological polar surface area (TPSA) is 70.8 Å². The standard InChI is InChI=1S/C25H22FNO4/c1-15(2)16-5-7-17(8-6-16)22-21(23(28)18-9-11-19(26)12-10-18)24(29)25(30)27(22)14-20-4-3-13-31-20/h3-13,15,22,28H,14H2,1-2H3/b23-21-. The van der Waals surface area contributed by atoms with Crippen molar-refractivity contribution < 1.29 is 23.5 Å². The zero-order valence-electron chi connectivity index (χ0n) is 17.2. The summed E-state index contributed by atoms with van der Waals surface area (Å²) < 4.78 is 18.7. The molecule has 1 aliphatic heterocycles. The number of carbonyl (C=O) groups excluding carboxylic acids is 2. The van der Waals surface area contributed by atoms with Crippen molar-refractivity contribution in [1.29, 1.82) is 0 Å². The Morgan fingerprint density at radius 1 is 1.06 bits per heavy atom. The first-order chi connectivity index (χ1) is 14.9. The highest BCUT2D eigenvalue weighted by Crippen LogP contribution is 2.40. The Hall–Kier alpha value is -3.67. The minimum absolute atomic E-state index is 0.0274. The Bertz CT molecular complexity index is 1130. The van der Waals surface area contributed by atoms with Gasteiger partial charge in [-0.05, 0) is 53.4 Å². The van der Waals surface area contributed by atoms with Crippen molar-refractivity contribution in [2.24, 2.45) is 0 Å². The molecule has 1 fully saturated rings. The van der Waals surface area contributed by atoms with Gasteiger partial charge in [-0.3, -0.25) is 9.59 Å². The lowest BCUT2D eigenvalue weighted by molar-refractivity contribution is -0.140. The van der Waals surface area contributed by atoms with Gasteiger partial charge in [-0.25, -0.2) is 4.39 Å². The summed E-state index contributed by atoms with van der Waals surface area (Å²) >= 11 is 0. The third-order valence-corrected chi connectivity index (χ3v) is 5.48. The number of aliphatic hydroxyl groups excluding tert-OH is 1. The molecule has 1 aliphatic rings. The van der Waals surface area contributed by atoms with Gasteiger partial charge in [0.25, 0.3) is 11.7 Å². The van der Waals surface area contributed by atoms with E-state index >= 15 is 0 Å². The van der Waals surface area contributed by atoms with Crippen LogP contribution >= 0.6 is 0 Å². The number of ketones is 1. The summed E-state index contributed by atoms with van der Waals surface area (Å²) in [6.45, 7) is 4.23. The van der Waals surface area contributed by atoms with Crippen LogP contribution in [0.2, 0.25) is 0 Å². The van der Waals surface area contributed by atoms with E-state index in [1.165, 1.54) is 35.4 Å². The maximum absolute atomic E-state index is 13.3. The van der Waals surface area contributed by atoms with Crippen molar-refractivity contribution >= 4 is 17.4 Å². The van der Waals surface area contributed by atoms with Crippen LogP contribution in [0.1, 0.15) is 48.3 Å². The smallest absolute Gasteiger partial charge is 0.296 e. The van der Waals surface area contributed by atoms with Crippen LogP contribution in [-0.4, -0.2) is 21.7 Å². The van der Waals surface area contributed by atoms with Gasteiger partial charge in [0.05, 0.1) is 24.4 Å². The molecule has 1 amide bonds. The lowest BCUT2D eigenvalue weighted by atomic mass is 9.93. The van der Waals surface area contributed by atoms with E-state index in [2.05, 4.69) is 13.8 Å². The number of rotatable bonds is 5. The second kappa shape index (κ2) is 8.22. The Morgan fingerprint density at radius 3 is 2.32 bits per heavy atom. The molecule has 2 heterocycles. The van der Waals surface area contributed by atoms with E-state index in [9.17, 15) is 19.1 Å². The van der Waals surface area contributed by atoms with Crippen molar-refractivity contribution in [1.82, 2.24) is 4.90 Å². The maximum atomic E-state index is 13.3. The van der Waals surface area contributed by atoms with Crippen LogP contribution < -0.4 is 0 Å². The number of likely N-dealkylation sites (tertiary alicyclic amines) is 1. The number of hydrogen-bond acceptors (Lipinski definition) is 4. The Labute approximate surface area is 179 Å². The lowest BCUT2D eigenvalue weighted by Gasteiger charge is -2.25. The average Bonchev–Trinajstić information content (AvgIpc) is 3.36. The van der Waals surface area contributed by atoms with Crippen molar-refractivity contribution in [3.63, 3.8) is 0 Å². The number of carbonyl (C=O) groups is 2. The normalized spacial score (nSPS) is 18.2. The quantitative estimate of drug-likeness (QED) is 0.352. The SMILES string of the molecule is CC(C)c1ccc(C2/C(=C(/O)c3ccc(F)cc3)C(=O)C(=O)N2Cc2ccco2)cc1. The average molecular weight is 419 g/mol. The molecular weight excluding hydrogens is 397 g/mol. The molecule has 1 unspecified atom stereocenters. The van der Waals surface area contributed by atoms with E-state index in [0.29, 0.717) is 17.2 Å². The van der Waals surface area contributed by atoms with Gasteiger partial charge in [0.15, 0.2) is 0 Å². The number of amides is 1. The highest BCUT2D eigenvalue weighted by Gasteiger charge is 2.46. The minimum atomic E-state index is -0.795. The Morgan fingerprint density at radius 2 is 1.74 bits per heavy atom. The van der Waals surface area contributed by atoms with Gasteiger partial charge >= 0.3 is 0 Å². The monoisotopic (exact) mass is 419 g/mol. The van der Waals surface area contributed by atoms with Gasteiger partial charge in [0.2, 0.25) is 0 Å². The molecule has 4 rings (SSSR count). The third-order valence-electron chi connectivity index (χ3n) is 5.48. The van der Waals surface area contributed by atoms with Crippen molar-refractivity contribution in [3.8, 4) is 0 Å². The van der Waals surface area contributed by atoms with Crippen molar-refractivity contribution in [2.75, 3.05) is 0 Å². The minimum Gasteiger partial charge on any atom is -0.507 e. The van der Waals surface area contributed by atoms with Gasteiger partial charge < -0.3 is 14.4 Å². The van der Waals surface area contributed by atoms with E-state index in [-0.39, 0.29) is 23.4 Å². The van der Waals surface area contributed by atoms with Gasteiger partial charge in [-0.2, -0.15) is 0 Å². The largest absolute Gasteiger partial charge is 0.507 e. The molecule has 3 aromatic rings. The fourth-order valence-electron chi connectivity index (χ4n) is 3.79. The summed E-state index contributed by atoms with van der Waals surface area (Å²) in [4.78, 5) is 27.3. The molecule has 0 radical (unpaired) electrons. The fourth-order valence-corrected chi connectivity index (χ4v) is 3.79. The second-order valence-corrected chi connectivity index (χ2v) is 7.83. The number of benzene rings is 2. The predicted octanol–water partition coefficient (Wildman–Crippen LogP) is 5.16. The summed E-state index contributed by atoms with van der Waals surface area (Å²) in [5, 5.41) is 11.0. The number of Topliss-reactive ketones (excluding diaryl/α,β-unsaturated/α-hetero) is 1. The zero-order chi connectivity index (χ0) is 22.1. The molecule has 2 aromatic carbocycles. The van der Waals surface area contributed by atoms with Crippen molar-refractivity contribution in [3.05, 3.63) is 101 Å². The van der Waals surface area contributed by atoms with Crippen LogP contribution in [-0.2, 0) is 16.1 Å². The molecule has 1 aromatic heterocycles. The summed E-state index contributed by atoms with van der Waals surface area (Å²) in [6, 6.07) is 15.4. The van der Waals surface area contributed by atoms with Crippen LogP contribution in [0.15, 0.2) is 76.9 Å². The predicted molar refractivity (Wildman–Crippen MR) is 113 cm³/mol. The molecule has 1 N–H and O–H groups in total. The summed E-state index contributed by atoms with van der Waals surface area (Å²) in [6.07, 6.45) is 1.50. The second-order valence-electron chi connectivity index (χ2n) is 7.83. The molecule has 6 heteroatoms. The summed E-state index contributed by atoms with van der Waals surface area (Å²) in [5.74, 6) is -1.46. The molecule has 1 atom stereocenters. The number of furan rings is 1. The van der Waals surface area contributed by atoms with E-state index < -0.39 is 23.5 Å². The molecule has 158 valence electrons. The van der Waals surface area contributed by atoms with Crippen LogP contribution in [0, 0.1) is 5.82 Å². The lowest BCUT2D eigenvalue weighted by Crippen LogP contribution is -2.29. The summed E-state index contributed by atoms with van der Waals surface area (Å²) in [5.41, 5.74) is 2.05. The van der Waals surface area contributed by atoms with E-state index in [1.54, 1.807) is 12.1 Å². The molecule has 5 nitrogen and oxygen atoms in total. The molecule has 1 saturated heterocycles. The number of hydrogen-bond donors (Lipinski definition) is 1. The first-order valence-electron chi connectivity index (χ1n) is 10.0. The van der Waals surface area contributed by atoms with Gasteiger partial charge in [0, 0.05) is 5.56 Å². The number of halogens is 1. The maximum Gasteiger partial charge on any atom is 0.296 e. The van der Waals surface area contributed by atoms with Gasteiger partial charge in [-0.15, -0.1) is 0 Å². The van der Waals surface area contributed by atoms with Gasteiger partial charge in [0.1, 0.15) is 17.3 Å². The fraction of sp³-hybridized carbons (Fsp3) is 0.200. The molecular formula is C25H22FNO4. The number of nitrogens with zero attached hydrogens (tertiary/aromatic N) is 1. The first kappa shape index (κ1) is 20.6. The highest BCUT2D eigenvalue weighted by molar-refractivity contribution is 6.46. The van der Waals surface area contributed by atoms with Crippen LogP contribution in [0.3, 0.4) is 0 Å². The first-order valence-corrected chi connectivity index (χ1v) is 10.0. The van der Waals surface area contributed by atoms with Crippen LogP contribution in [0.5, 0.6) is 0 Å². The number of aliphatic hydroxyl groups is 1. The highest BCUT2D eigenvalue weighted by atomic mass is 19.1. The van der Waals surface area contributed by atoms with Crippen LogP contribution in [0.25, 0.3) is 5.76 Å². The molecule has 0 saturated carbocycles. The molecule has 0 aliphatic carbocycles. The third kappa shape index (κ3) is 3.89. The summed E-state index contributed by atoms with van der Waals surface area (Å²) in [7, 11) is 0.